The molecule has 0 amide bonds. The number of furan rings is 1. The average Bonchev–Trinajstić information content (AvgIpc) is 2.89. The fourth-order valence-electron chi connectivity index (χ4n) is 3.60. The van der Waals surface area contributed by atoms with E-state index in [0.29, 0.717) is 31.8 Å². The number of hydrogen-bond acceptors (Lipinski definition) is 4. The molecule has 4 nitrogen and oxygen atoms in total. The lowest BCUT2D eigenvalue weighted by molar-refractivity contribution is -0.173. The first-order chi connectivity index (χ1) is 10.7. The van der Waals surface area contributed by atoms with Gasteiger partial charge in [0.1, 0.15) is 5.76 Å². The Balaban J connectivity index is 1.56. The van der Waals surface area contributed by atoms with Gasteiger partial charge in [0, 0.05) is 19.5 Å². The molecule has 1 spiro atoms. The van der Waals surface area contributed by atoms with Crippen molar-refractivity contribution in [2.75, 3.05) is 19.7 Å². The number of ether oxygens (including phenoxy) is 1. The van der Waals surface area contributed by atoms with E-state index in [1.807, 2.05) is 6.92 Å². The maximum atomic E-state index is 12.5. The Morgan fingerprint density at radius 1 is 1.22 bits per heavy atom. The molecule has 0 radical (unpaired) electrons. The van der Waals surface area contributed by atoms with Crippen LogP contribution in [0.3, 0.4) is 0 Å². The molecule has 0 saturated carbocycles. The second kappa shape index (κ2) is 5.79. The Bertz CT molecular complexity index is 545. The molecule has 2 aliphatic heterocycles. The van der Waals surface area contributed by atoms with Gasteiger partial charge in [0.15, 0.2) is 0 Å². The lowest BCUT2D eigenvalue weighted by atomic mass is 9.78. The van der Waals surface area contributed by atoms with E-state index in [9.17, 15) is 18.3 Å². The summed E-state index contributed by atoms with van der Waals surface area (Å²) in [4.78, 5) is 2.07. The number of alkyl halides is 3. The van der Waals surface area contributed by atoms with Crippen LogP contribution in [0.4, 0.5) is 13.2 Å². The van der Waals surface area contributed by atoms with Gasteiger partial charge >= 0.3 is 6.18 Å². The SMILES string of the molecule is CC1(O)CCOC2(CCN(Cc3ccc(C(F)(F)F)o3)CC2)C1. The Morgan fingerprint density at radius 3 is 2.48 bits per heavy atom. The smallest absolute Gasteiger partial charge is 0.449 e. The molecule has 3 rings (SSSR count). The number of halogens is 3. The fraction of sp³-hybridized carbons (Fsp3) is 0.750. The maximum absolute atomic E-state index is 12.5. The van der Waals surface area contributed by atoms with E-state index in [1.54, 1.807) is 0 Å². The van der Waals surface area contributed by atoms with Gasteiger partial charge in [-0.25, -0.2) is 0 Å². The number of nitrogens with zero attached hydrogens (tertiary/aromatic N) is 1. The van der Waals surface area contributed by atoms with Crippen LogP contribution in [-0.2, 0) is 17.5 Å². The van der Waals surface area contributed by atoms with Crippen molar-refractivity contribution in [3.8, 4) is 0 Å². The van der Waals surface area contributed by atoms with Gasteiger partial charge in [-0.2, -0.15) is 13.2 Å². The second-order valence-corrected chi connectivity index (χ2v) is 7.00. The summed E-state index contributed by atoms with van der Waals surface area (Å²) in [6.07, 6.45) is -1.63. The number of rotatable bonds is 2. The summed E-state index contributed by atoms with van der Waals surface area (Å²) in [5, 5.41) is 10.3. The van der Waals surface area contributed by atoms with E-state index < -0.39 is 17.5 Å². The van der Waals surface area contributed by atoms with E-state index in [2.05, 4.69) is 4.90 Å². The van der Waals surface area contributed by atoms with Crippen LogP contribution in [0.15, 0.2) is 16.5 Å². The standard InChI is InChI=1S/C16H22F3NO3/c1-14(21)6-9-22-15(11-14)4-7-20(8-5-15)10-12-2-3-13(23-12)16(17,18)19/h2-3,21H,4-11H2,1H3. The summed E-state index contributed by atoms with van der Waals surface area (Å²) < 4.78 is 48.4. The van der Waals surface area contributed by atoms with Gasteiger partial charge in [0.25, 0.3) is 0 Å². The van der Waals surface area contributed by atoms with E-state index in [-0.39, 0.29) is 5.60 Å². The van der Waals surface area contributed by atoms with Gasteiger partial charge in [0.05, 0.1) is 24.4 Å². The molecule has 1 aromatic rings. The third-order valence-corrected chi connectivity index (χ3v) is 4.84. The Hall–Kier alpha value is -1.05. The lowest BCUT2D eigenvalue weighted by Crippen LogP contribution is -2.53. The van der Waals surface area contributed by atoms with Gasteiger partial charge in [0.2, 0.25) is 5.76 Å². The van der Waals surface area contributed by atoms with Crippen molar-refractivity contribution >= 4 is 0 Å². The first kappa shape index (κ1) is 16.8. The minimum atomic E-state index is -4.44. The molecule has 2 saturated heterocycles. The number of hydrogen-bond donors (Lipinski definition) is 1. The van der Waals surface area contributed by atoms with Crippen molar-refractivity contribution in [1.29, 1.82) is 0 Å². The molecule has 1 unspecified atom stereocenters. The molecule has 0 aliphatic carbocycles. The van der Waals surface area contributed by atoms with Gasteiger partial charge < -0.3 is 14.3 Å². The third-order valence-electron chi connectivity index (χ3n) is 4.84. The Morgan fingerprint density at radius 2 is 1.91 bits per heavy atom. The van der Waals surface area contributed by atoms with E-state index in [1.165, 1.54) is 6.07 Å². The average molecular weight is 333 g/mol. The fourth-order valence-corrected chi connectivity index (χ4v) is 3.60. The number of likely N-dealkylation sites (tertiary alicyclic amines) is 1. The summed E-state index contributed by atoms with van der Waals surface area (Å²) >= 11 is 0. The van der Waals surface area contributed by atoms with Crippen molar-refractivity contribution in [3.05, 3.63) is 23.7 Å². The molecule has 0 aromatic carbocycles. The molecular weight excluding hydrogens is 311 g/mol. The summed E-state index contributed by atoms with van der Waals surface area (Å²) in [5.74, 6) is -0.627. The van der Waals surface area contributed by atoms with E-state index in [0.717, 1.165) is 32.0 Å². The van der Waals surface area contributed by atoms with Crippen LogP contribution >= 0.6 is 0 Å². The minimum Gasteiger partial charge on any atom is -0.455 e. The topological polar surface area (TPSA) is 45.8 Å². The zero-order valence-electron chi connectivity index (χ0n) is 13.2. The molecule has 3 heterocycles. The van der Waals surface area contributed by atoms with E-state index >= 15 is 0 Å². The van der Waals surface area contributed by atoms with Gasteiger partial charge in [-0.05, 0) is 38.3 Å². The molecule has 7 heteroatoms. The van der Waals surface area contributed by atoms with Crippen LogP contribution < -0.4 is 0 Å². The predicted molar refractivity (Wildman–Crippen MR) is 76.8 cm³/mol. The summed E-state index contributed by atoms with van der Waals surface area (Å²) in [6.45, 7) is 4.20. The number of piperidine rings is 1. The normalized spacial score (nSPS) is 29.1. The molecule has 23 heavy (non-hydrogen) atoms. The van der Waals surface area contributed by atoms with Gasteiger partial charge in [-0.1, -0.05) is 0 Å². The molecule has 2 fully saturated rings. The van der Waals surface area contributed by atoms with Crippen molar-refractivity contribution in [2.45, 2.75) is 56.5 Å². The largest absolute Gasteiger partial charge is 0.455 e. The van der Waals surface area contributed by atoms with Crippen LogP contribution in [0.1, 0.15) is 44.1 Å². The molecule has 130 valence electrons. The van der Waals surface area contributed by atoms with Crippen molar-refractivity contribution in [1.82, 2.24) is 4.90 Å². The zero-order valence-corrected chi connectivity index (χ0v) is 13.2. The highest BCUT2D eigenvalue weighted by Gasteiger charge is 2.44. The minimum absolute atomic E-state index is 0.293. The van der Waals surface area contributed by atoms with Crippen molar-refractivity contribution < 1.29 is 27.4 Å². The molecule has 1 N–H and O–H groups in total. The van der Waals surface area contributed by atoms with Crippen LogP contribution in [0.2, 0.25) is 0 Å². The predicted octanol–water partition coefficient (Wildman–Crippen LogP) is 3.19. The van der Waals surface area contributed by atoms with E-state index in [4.69, 9.17) is 9.15 Å². The van der Waals surface area contributed by atoms with Gasteiger partial charge in [-0.15, -0.1) is 0 Å². The molecule has 2 aliphatic rings. The quantitative estimate of drug-likeness (QED) is 0.903. The first-order valence-electron chi connectivity index (χ1n) is 7.92. The summed E-state index contributed by atoms with van der Waals surface area (Å²) in [7, 11) is 0. The maximum Gasteiger partial charge on any atom is 0.449 e. The highest BCUT2D eigenvalue weighted by Crippen LogP contribution is 2.39. The second-order valence-electron chi connectivity index (χ2n) is 7.00. The number of aliphatic hydroxyl groups is 1. The third kappa shape index (κ3) is 3.89. The van der Waals surface area contributed by atoms with Crippen LogP contribution in [0.5, 0.6) is 0 Å². The van der Waals surface area contributed by atoms with Crippen molar-refractivity contribution in [2.24, 2.45) is 0 Å². The summed E-state index contributed by atoms with van der Waals surface area (Å²) in [6, 6.07) is 2.36. The van der Waals surface area contributed by atoms with Crippen molar-refractivity contribution in [3.63, 3.8) is 0 Å². The monoisotopic (exact) mass is 333 g/mol. The van der Waals surface area contributed by atoms with Gasteiger partial charge in [-0.3, -0.25) is 4.90 Å². The van der Waals surface area contributed by atoms with Crippen LogP contribution in [0, 0.1) is 0 Å². The van der Waals surface area contributed by atoms with Crippen LogP contribution in [0.25, 0.3) is 0 Å². The highest BCUT2D eigenvalue weighted by atomic mass is 19.4. The molecule has 1 atom stereocenters. The summed E-state index contributed by atoms with van der Waals surface area (Å²) in [5.41, 5.74) is -0.985. The zero-order chi connectivity index (χ0) is 16.7. The van der Waals surface area contributed by atoms with Crippen LogP contribution in [-0.4, -0.2) is 40.9 Å². The lowest BCUT2D eigenvalue weighted by Gasteiger charge is -2.48. The molecular formula is C16H22F3NO3. The Kier molecular flexibility index (Phi) is 4.23. The Labute approximate surface area is 133 Å². The highest BCUT2D eigenvalue weighted by molar-refractivity contribution is 5.10. The molecule has 0 bridgehead atoms. The first-order valence-corrected chi connectivity index (χ1v) is 7.92. The molecule has 1 aromatic heterocycles.